The van der Waals surface area contributed by atoms with E-state index in [-0.39, 0.29) is 5.82 Å². The molecule has 0 aliphatic heterocycles. The van der Waals surface area contributed by atoms with Crippen LogP contribution in [0.2, 0.25) is 0 Å². The molecule has 136 valence electrons. The van der Waals surface area contributed by atoms with E-state index < -0.39 is 0 Å². The Kier molecular flexibility index (Phi) is 4.52. The Labute approximate surface area is 160 Å². The summed E-state index contributed by atoms with van der Waals surface area (Å²) in [5.41, 5.74) is 3.43. The molecule has 0 unspecified atom stereocenters. The number of nitriles is 1. The van der Waals surface area contributed by atoms with E-state index in [4.69, 9.17) is 0 Å². The van der Waals surface area contributed by atoms with Gasteiger partial charge in [0, 0.05) is 23.7 Å². The summed E-state index contributed by atoms with van der Waals surface area (Å²) >= 11 is 0. The minimum Gasteiger partial charge on any atom is -0.310 e. The van der Waals surface area contributed by atoms with Crippen molar-refractivity contribution in [2.75, 3.05) is 0 Å². The zero-order valence-corrected chi connectivity index (χ0v) is 15.0. The minimum absolute atomic E-state index is 0.314. The fourth-order valence-corrected chi connectivity index (χ4v) is 2.96. The molecule has 4 aromatic rings. The molecule has 28 heavy (non-hydrogen) atoms. The van der Waals surface area contributed by atoms with E-state index in [1.165, 1.54) is 12.1 Å². The first-order valence-corrected chi connectivity index (χ1v) is 8.53. The van der Waals surface area contributed by atoms with Crippen LogP contribution in [0.15, 0.2) is 60.8 Å². The van der Waals surface area contributed by atoms with Crippen molar-refractivity contribution in [2.24, 2.45) is 7.05 Å². The summed E-state index contributed by atoms with van der Waals surface area (Å²) in [5.74, 6) is 0.806. The first-order valence-electron chi connectivity index (χ1n) is 8.53. The van der Waals surface area contributed by atoms with Crippen LogP contribution < -0.4 is 0 Å². The largest absolute Gasteiger partial charge is 0.310 e. The Morgan fingerprint density at radius 3 is 2.54 bits per heavy atom. The first kappa shape index (κ1) is 17.4. The van der Waals surface area contributed by atoms with Crippen LogP contribution in [0.1, 0.15) is 11.4 Å². The van der Waals surface area contributed by atoms with E-state index >= 15 is 0 Å². The average molecular weight is 370 g/mol. The van der Waals surface area contributed by atoms with Crippen molar-refractivity contribution >= 4 is 11.6 Å². The second-order valence-electron chi connectivity index (χ2n) is 6.15. The quantitative estimate of drug-likeness (QED) is 0.549. The van der Waals surface area contributed by atoms with Crippen LogP contribution in [0.4, 0.5) is 4.39 Å². The van der Waals surface area contributed by atoms with E-state index in [2.05, 4.69) is 26.5 Å². The molecule has 0 saturated carbocycles. The van der Waals surface area contributed by atoms with Gasteiger partial charge in [-0.2, -0.15) is 10.4 Å². The molecular formula is C21H15FN6. The summed E-state index contributed by atoms with van der Waals surface area (Å²) < 4.78 is 15.0. The highest BCUT2D eigenvalue weighted by atomic mass is 19.1. The summed E-state index contributed by atoms with van der Waals surface area (Å²) in [6.45, 7) is 0. The lowest BCUT2D eigenvalue weighted by Crippen LogP contribution is -1.98. The second-order valence-corrected chi connectivity index (χ2v) is 6.15. The molecule has 0 atom stereocenters. The molecule has 0 radical (unpaired) electrons. The monoisotopic (exact) mass is 370 g/mol. The first-order chi connectivity index (χ1) is 13.7. The number of H-pyrrole nitrogens is 1. The summed E-state index contributed by atoms with van der Waals surface area (Å²) in [5, 5.41) is 25.1. The Morgan fingerprint density at radius 2 is 1.82 bits per heavy atom. The standard InChI is InChI=1S/C21H15FN6/c1-28-20(15-5-3-2-4-6-15)26-27-21(28)16(12-23)11-17-13-24-25-19(17)14-7-9-18(22)10-8-14/h2-11,13H,1H3,(H,24,25). The van der Waals surface area contributed by atoms with Crippen molar-refractivity contribution in [1.82, 2.24) is 25.0 Å². The van der Waals surface area contributed by atoms with Crippen LogP contribution in [0.5, 0.6) is 0 Å². The fraction of sp³-hybridized carbons (Fsp3) is 0.0476. The number of hydrogen-bond acceptors (Lipinski definition) is 4. The zero-order chi connectivity index (χ0) is 19.5. The van der Waals surface area contributed by atoms with Gasteiger partial charge >= 0.3 is 0 Å². The molecule has 1 N–H and O–H groups in total. The van der Waals surface area contributed by atoms with Gasteiger partial charge in [-0.05, 0) is 30.3 Å². The van der Waals surface area contributed by atoms with Crippen molar-refractivity contribution in [3.8, 4) is 28.7 Å². The predicted octanol–water partition coefficient (Wildman–Crippen LogP) is 4.08. The van der Waals surface area contributed by atoms with Crippen molar-refractivity contribution < 1.29 is 4.39 Å². The lowest BCUT2D eigenvalue weighted by Gasteiger charge is -2.04. The van der Waals surface area contributed by atoms with Crippen LogP contribution in [0.25, 0.3) is 34.3 Å². The third-order valence-corrected chi connectivity index (χ3v) is 4.37. The van der Waals surface area contributed by atoms with Crippen molar-refractivity contribution in [3.63, 3.8) is 0 Å². The van der Waals surface area contributed by atoms with Gasteiger partial charge in [-0.15, -0.1) is 10.2 Å². The number of aromatic amines is 1. The maximum Gasteiger partial charge on any atom is 0.174 e. The Hall–Kier alpha value is -4.05. The van der Waals surface area contributed by atoms with E-state index in [1.807, 2.05) is 37.4 Å². The summed E-state index contributed by atoms with van der Waals surface area (Å²) in [6, 6.07) is 17.9. The Morgan fingerprint density at radius 1 is 1.07 bits per heavy atom. The van der Waals surface area contributed by atoms with E-state index in [1.54, 1.807) is 29.0 Å². The third-order valence-electron chi connectivity index (χ3n) is 4.37. The van der Waals surface area contributed by atoms with Crippen LogP contribution in [0.3, 0.4) is 0 Å². The number of nitrogens with one attached hydrogen (secondary N) is 1. The maximum atomic E-state index is 13.2. The highest BCUT2D eigenvalue weighted by molar-refractivity contribution is 5.90. The number of allylic oxidation sites excluding steroid dienone is 1. The number of nitrogens with zero attached hydrogens (tertiary/aromatic N) is 5. The van der Waals surface area contributed by atoms with Gasteiger partial charge in [0.05, 0.1) is 17.5 Å². The molecule has 6 nitrogen and oxygen atoms in total. The van der Waals surface area contributed by atoms with Gasteiger partial charge in [0.25, 0.3) is 0 Å². The van der Waals surface area contributed by atoms with Gasteiger partial charge < -0.3 is 4.57 Å². The van der Waals surface area contributed by atoms with Crippen LogP contribution in [-0.4, -0.2) is 25.0 Å². The predicted molar refractivity (Wildman–Crippen MR) is 104 cm³/mol. The highest BCUT2D eigenvalue weighted by Gasteiger charge is 2.16. The lowest BCUT2D eigenvalue weighted by atomic mass is 10.1. The van der Waals surface area contributed by atoms with Gasteiger partial charge in [-0.1, -0.05) is 30.3 Å². The van der Waals surface area contributed by atoms with Crippen LogP contribution in [-0.2, 0) is 7.05 Å². The van der Waals surface area contributed by atoms with Gasteiger partial charge in [-0.3, -0.25) is 5.10 Å². The lowest BCUT2D eigenvalue weighted by molar-refractivity contribution is 0.628. The fourth-order valence-electron chi connectivity index (χ4n) is 2.96. The third kappa shape index (κ3) is 3.19. The van der Waals surface area contributed by atoms with Crippen molar-refractivity contribution in [1.29, 1.82) is 5.26 Å². The smallest absolute Gasteiger partial charge is 0.174 e. The Bertz CT molecular complexity index is 1180. The normalized spacial score (nSPS) is 11.4. The molecule has 2 aromatic heterocycles. The summed E-state index contributed by atoms with van der Waals surface area (Å²) in [7, 11) is 1.82. The number of halogens is 1. The summed E-state index contributed by atoms with van der Waals surface area (Å²) in [6.07, 6.45) is 3.31. The zero-order valence-electron chi connectivity index (χ0n) is 15.0. The number of rotatable bonds is 4. The highest BCUT2D eigenvalue weighted by Crippen LogP contribution is 2.26. The van der Waals surface area contributed by atoms with Gasteiger partial charge in [0.2, 0.25) is 0 Å². The SMILES string of the molecule is Cn1c(C(C#N)=Cc2cn[nH]c2-c2ccc(F)cc2)nnc1-c1ccccc1. The molecule has 2 aromatic carbocycles. The van der Waals surface area contributed by atoms with E-state index in [0.717, 1.165) is 11.1 Å². The van der Waals surface area contributed by atoms with Crippen LogP contribution >= 0.6 is 0 Å². The molecule has 7 heteroatoms. The number of aromatic nitrogens is 5. The van der Waals surface area contributed by atoms with E-state index in [9.17, 15) is 9.65 Å². The van der Waals surface area contributed by atoms with Crippen LogP contribution in [0, 0.1) is 17.1 Å². The van der Waals surface area contributed by atoms with Crippen molar-refractivity contribution in [3.05, 3.63) is 78.0 Å². The molecule has 0 bridgehead atoms. The Balaban J connectivity index is 1.75. The molecule has 2 heterocycles. The topological polar surface area (TPSA) is 83.2 Å². The molecule has 0 aliphatic carbocycles. The molecule has 0 amide bonds. The van der Waals surface area contributed by atoms with Crippen molar-refractivity contribution in [2.45, 2.75) is 0 Å². The molecule has 0 fully saturated rings. The minimum atomic E-state index is -0.314. The molecule has 0 aliphatic rings. The van der Waals surface area contributed by atoms with E-state index in [0.29, 0.717) is 28.5 Å². The molecular weight excluding hydrogens is 355 g/mol. The second kappa shape index (κ2) is 7.29. The molecule has 4 rings (SSSR count). The van der Waals surface area contributed by atoms with Gasteiger partial charge in [0.1, 0.15) is 11.9 Å². The number of hydrogen-bond donors (Lipinski definition) is 1. The average Bonchev–Trinajstić information content (AvgIpc) is 3.34. The van der Waals surface area contributed by atoms with Gasteiger partial charge in [-0.25, -0.2) is 4.39 Å². The molecule has 0 spiro atoms. The number of benzene rings is 2. The molecule has 0 saturated heterocycles. The summed E-state index contributed by atoms with van der Waals surface area (Å²) in [4.78, 5) is 0. The van der Waals surface area contributed by atoms with Gasteiger partial charge in [0.15, 0.2) is 11.6 Å². The maximum absolute atomic E-state index is 13.2.